The summed E-state index contributed by atoms with van der Waals surface area (Å²) < 4.78 is 5.80. The molecule has 2 aromatic heterocycles. The third-order valence-corrected chi connectivity index (χ3v) is 7.17. The number of amides is 2. The zero-order valence-electron chi connectivity index (χ0n) is 16.5. The largest absolute Gasteiger partial charge is 0.377 e. The molecule has 0 aromatic carbocycles. The van der Waals surface area contributed by atoms with Gasteiger partial charge in [0.25, 0.3) is 5.91 Å². The van der Waals surface area contributed by atoms with Crippen molar-refractivity contribution in [2.24, 2.45) is 0 Å². The second-order valence-electron chi connectivity index (χ2n) is 7.53. The lowest BCUT2D eigenvalue weighted by Gasteiger charge is -2.36. The first-order valence-electron chi connectivity index (χ1n) is 10.2. The highest BCUT2D eigenvalue weighted by molar-refractivity contribution is 7.12. The Kier molecular flexibility index (Phi) is 6.97. The van der Waals surface area contributed by atoms with Crippen LogP contribution in [0.1, 0.15) is 27.4 Å². The minimum absolute atomic E-state index is 0.0739. The van der Waals surface area contributed by atoms with Gasteiger partial charge < -0.3 is 14.5 Å². The van der Waals surface area contributed by atoms with Crippen molar-refractivity contribution in [3.63, 3.8) is 0 Å². The number of carbonyl (C=O) groups excluding carboxylic acids is 2. The van der Waals surface area contributed by atoms with Crippen molar-refractivity contribution in [3.05, 3.63) is 44.8 Å². The Morgan fingerprint density at radius 1 is 1.07 bits per heavy atom. The van der Waals surface area contributed by atoms with Gasteiger partial charge in [0.15, 0.2) is 0 Å². The molecule has 2 saturated heterocycles. The molecule has 0 spiro atoms. The molecule has 1 atom stereocenters. The van der Waals surface area contributed by atoms with Gasteiger partial charge in [-0.3, -0.25) is 14.5 Å². The number of hydrogen-bond acceptors (Lipinski definition) is 6. The van der Waals surface area contributed by atoms with Crippen LogP contribution in [0.3, 0.4) is 0 Å². The number of carbonyl (C=O) groups is 2. The van der Waals surface area contributed by atoms with Gasteiger partial charge >= 0.3 is 0 Å². The maximum Gasteiger partial charge on any atom is 0.264 e. The Balaban J connectivity index is 1.30. The summed E-state index contributed by atoms with van der Waals surface area (Å²) in [7, 11) is 0. The van der Waals surface area contributed by atoms with Crippen LogP contribution in [0.15, 0.2) is 35.0 Å². The van der Waals surface area contributed by atoms with Crippen molar-refractivity contribution in [1.29, 1.82) is 0 Å². The summed E-state index contributed by atoms with van der Waals surface area (Å²) in [5.74, 6) is 0.215. The monoisotopic (exact) mass is 433 g/mol. The van der Waals surface area contributed by atoms with E-state index < -0.39 is 0 Å². The van der Waals surface area contributed by atoms with Gasteiger partial charge in [0.1, 0.15) is 0 Å². The zero-order chi connectivity index (χ0) is 20.1. The maximum atomic E-state index is 13.0. The predicted octanol–water partition coefficient (Wildman–Crippen LogP) is 2.78. The van der Waals surface area contributed by atoms with Crippen molar-refractivity contribution >= 4 is 34.5 Å². The lowest BCUT2D eigenvalue weighted by Crippen LogP contribution is -2.52. The molecular weight excluding hydrogens is 406 g/mol. The van der Waals surface area contributed by atoms with Crippen LogP contribution in [0.4, 0.5) is 0 Å². The molecule has 6 nitrogen and oxygen atoms in total. The first-order chi connectivity index (χ1) is 14.2. The van der Waals surface area contributed by atoms with Gasteiger partial charge in [-0.1, -0.05) is 12.1 Å². The number of nitrogens with zero attached hydrogens (tertiary/aromatic N) is 3. The normalized spacial score (nSPS) is 19.8. The first-order valence-corrected chi connectivity index (χ1v) is 11.9. The van der Waals surface area contributed by atoms with Crippen LogP contribution < -0.4 is 0 Å². The highest BCUT2D eigenvalue weighted by Crippen LogP contribution is 2.18. The molecule has 29 heavy (non-hydrogen) atoms. The van der Waals surface area contributed by atoms with E-state index in [4.69, 9.17) is 4.74 Å². The third-order valence-electron chi connectivity index (χ3n) is 5.46. The van der Waals surface area contributed by atoms with E-state index in [1.54, 1.807) is 11.3 Å². The molecule has 0 N–H and O–H groups in total. The zero-order valence-corrected chi connectivity index (χ0v) is 18.1. The Hall–Kier alpha value is -1.74. The lowest BCUT2D eigenvalue weighted by molar-refractivity contribution is -0.134. The smallest absolute Gasteiger partial charge is 0.264 e. The molecule has 2 aromatic rings. The predicted molar refractivity (Wildman–Crippen MR) is 115 cm³/mol. The van der Waals surface area contributed by atoms with Gasteiger partial charge in [-0.25, -0.2) is 0 Å². The standard InChI is InChI=1S/C21H27N3O3S2/c25-20(23-7-9-24(10-8-23)21(26)19-6-3-13-29-19)16-22(14-17-4-1-11-27-17)15-18-5-2-12-28-18/h2-3,5-6,12-13,17H,1,4,7-11,14-16H2/t17-/m0/s1. The summed E-state index contributed by atoms with van der Waals surface area (Å²) >= 11 is 3.19. The average molecular weight is 434 g/mol. The SMILES string of the molecule is O=C(CN(Cc1cccs1)C[C@@H]1CCCO1)N1CCN(C(=O)c2cccs2)CC1. The molecule has 0 radical (unpaired) electrons. The van der Waals surface area contributed by atoms with E-state index in [1.165, 1.54) is 16.2 Å². The molecule has 4 rings (SSSR count). The fourth-order valence-electron chi connectivity index (χ4n) is 3.89. The van der Waals surface area contributed by atoms with Crippen molar-refractivity contribution < 1.29 is 14.3 Å². The van der Waals surface area contributed by atoms with Crippen molar-refractivity contribution in [2.75, 3.05) is 45.9 Å². The molecule has 2 aliphatic rings. The molecule has 0 bridgehead atoms. The summed E-state index contributed by atoms with van der Waals surface area (Å²) in [6.45, 7) is 5.19. The number of hydrogen-bond donors (Lipinski definition) is 0. The summed E-state index contributed by atoms with van der Waals surface area (Å²) in [5, 5.41) is 3.99. The molecular formula is C21H27N3O3S2. The van der Waals surface area contributed by atoms with Gasteiger partial charge in [-0.2, -0.15) is 0 Å². The van der Waals surface area contributed by atoms with Gasteiger partial charge in [-0.15, -0.1) is 22.7 Å². The van der Waals surface area contributed by atoms with Crippen LogP contribution in [0.2, 0.25) is 0 Å². The van der Waals surface area contributed by atoms with Crippen molar-refractivity contribution in [1.82, 2.24) is 14.7 Å². The molecule has 2 aliphatic heterocycles. The molecule has 8 heteroatoms. The van der Waals surface area contributed by atoms with E-state index in [9.17, 15) is 9.59 Å². The fourth-order valence-corrected chi connectivity index (χ4v) is 5.33. The molecule has 156 valence electrons. The van der Waals surface area contributed by atoms with Crippen molar-refractivity contribution in [3.8, 4) is 0 Å². The topological polar surface area (TPSA) is 53.1 Å². The number of thiophene rings is 2. The fraction of sp³-hybridized carbons (Fsp3) is 0.524. The first kappa shape index (κ1) is 20.5. The Morgan fingerprint density at radius 3 is 2.48 bits per heavy atom. The van der Waals surface area contributed by atoms with Crippen LogP contribution >= 0.6 is 22.7 Å². The second-order valence-corrected chi connectivity index (χ2v) is 9.51. The van der Waals surface area contributed by atoms with Gasteiger partial charge in [0, 0.05) is 50.8 Å². The minimum atomic E-state index is 0.0739. The Bertz CT molecular complexity index is 780. The quantitative estimate of drug-likeness (QED) is 0.674. The van der Waals surface area contributed by atoms with Gasteiger partial charge in [0.2, 0.25) is 5.91 Å². The number of piperazine rings is 1. The van der Waals surface area contributed by atoms with E-state index >= 15 is 0 Å². The van der Waals surface area contributed by atoms with E-state index in [2.05, 4.69) is 22.4 Å². The molecule has 0 aliphatic carbocycles. The van der Waals surface area contributed by atoms with Gasteiger partial charge in [-0.05, 0) is 35.7 Å². The number of rotatable bonds is 7. The average Bonchev–Trinajstić information content (AvgIpc) is 3.51. The van der Waals surface area contributed by atoms with Crippen molar-refractivity contribution in [2.45, 2.75) is 25.5 Å². The maximum absolute atomic E-state index is 13.0. The molecule has 2 amide bonds. The third kappa shape index (κ3) is 5.45. The van der Waals surface area contributed by atoms with E-state index in [1.807, 2.05) is 27.3 Å². The highest BCUT2D eigenvalue weighted by atomic mass is 32.1. The highest BCUT2D eigenvalue weighted by Gasteiger charge is 2.27. The Morgan fingerprint density at radius 2 is 1.83 bits per heavy atom. The second kappa shape index (κ2) is 9.84. The molecule has 2 fully saturated rings. The van der Waals surface area contributed by atoms with Crippen LogP contribution in [0.5, 0.6) is 0 Å². The van der Waals surface area contributed by atoms with E-state index in [-0.39, 0.29) is 17.9 Å². The molecule has 0 saturated carbocycles. The van der Waals surface area contributed by atoms with Crippen LogP contribution in [0.25, 0.3) is 0 Å². The summed E-state index contributed by atoms with van der Waals surface area (Å²) in [6, 6.07) is 7.93. The summed E-state index contributed by atoms with van der Waals surface area (Å²) in [6.07, 6.45) is 2.40. The number of ether oxygens (including phenoxy) is 1. The molecule has 0 unspecified atom stereocenters. The summed E-state index contributed by atoms with van der Waals surface area (Å²) in [5.41, 5.74) is 0. The Labute approximate surface area is 179 Å². The van der Waals surface area contributed by atoms with Crippen LogP contribution in [-0.2, 0) is 16.1 Å². The van der Waals surface area contributed by atoms with E-state index in [0.29, 0.717) is 32.7 Å². The lowest BCUT2D eigenvalue weighted by atomic mass is 10.2. The van der Waals surface area contributed by atoms with Crippen LogP contribution in [-0.4, -0.2) is 78.5 Å². The van der Waals surface area contributed by atoms with Crippen LogP contribution in [0, 0.1) is 0 Å². The van der Waals surface area contributed by atoms with E-state index in [0.717, 1.165) is 37.4 Å². The van der Waals surface area contributed by atoms with Gasteiger partial charge in [0.05, 0.1) is 17.5 Å². The minimum Gasteiger partial charge on any atom is -0.377 e. The summed E-state index contributed by atoms with van der Waals surface area (Å²) in [4.78, 5) is 33.5. The molecule has 4 heterocycles.